The van der Waals surface area contributed by atoms with E-state index >= 15 is 0 Å². The fraction of sp³-hybridized carbons (Fsp3) is 0.231. The van der Waals surface area contributed by atoms with Crippen LogP contribution in [-0.2, 0) is 0 Å². The van der Waals surface area contributed by atoms with Gasteiger partial charge in [0.25, 0.3) is 0 Å². The highest BCUT2D eigenvalue weighted by atomic mass is 79.9. The van der Waals surface area contributed by atoms with Crippen LogP contribution < -0.4 is 10.6 Å². The molecular formula is C13H13Br2FN4. The molecule has 2 N–H and O–H groups in total. The molecule has 1 heterocycles. The van der Waals surface area contributed by atoms with Gasteiger partial charge >= 0.3 is 0 Å². The standard InChI is InChI=1S/C13H13Br2FN4/c1-2-5-17-13-18-7-10(16)12(20-13)19-11-4-3-8(14)6-9(11)15/h3-4,6-7H,2,5H2,1H3,(H2,17,18,19,20). The Morgan fingerprint density at radius 3 is 2.80 bits per heavy atom. The summed E-state index contributed by atoms with van der Waals surface area (Å²) in [7, 11) is 0. The number of nitrogens with one attached hydrogen (secondary N) is 2. The second-order valence-electron chi connectivity index (χ2n) is 4.07. The topological polar surface area (TPSA) is 49.8 Å². The van der Waals surface area contributed by atoms with Gasteiger partial charge in [-0.15, -0.1) is 0 Å². The molecule has 4 nitrogen and oxygen atoms in total. The zero-order valence-electron chi connectivity index (χ0n) is 10.8. The molecule has 0 aliphatic heterocycles. The number of nitrogens with zero attached hydrogens (tertiary/aromatic N) is 2. The summed E-state index contributed by atoms with van der Waals surface area (Å²) in [6, 6.07) is 5.56. The summed E-state index contributed by atoms with van der Waals surface area (Å²) in [6.45, 7) is 2.78. The molecule has 2 rings (SSSR count). The van der Waals surface area contributed by atoms with E-state index in [-0.39, 0.29) is 5.82 Å². The van der Waals surface area contributed by atoms with Crippen LogP contribution in [0.3, 0.4) is 0 Å². The average molecular weight is 404 g/mol. The maximum absolute atomic E-state index is 13.7. The highest BCUT2D eigenvalue weighted by molar-refractivity contribution is 9.11. The largest absolute Gasteiger partial charge is 0.354 e. The SMILES string of the molecule is CCCNc1ncc(F)c(Nc2ccc(Br)cc2Br)n1. The lowest BCUT2D eigenvalue weighted by Crippen LogP contribution is -2.07. The minimum absolute atomic E-state index is 0.140. The first-order valence-electron chi connectivity index (χ1n) is 6.08. The number of rotatable bonds is 5. The lowest BCUT2D eigenvalue weighted by atomic mass is 10.3. The number of benzene rings is 1. The molecule has 20 heavy (non-hydrogen) atoms. The van der Waals surface area contributed by atoms with Gasteiger partial charge in [0.05, 0.1) is 11.9 Å². The van der Waals surface area contributed by atoms with Crippen molar-refractivity contribution < 1.29 is 4.39 Å². The van der Waals surface area contributed by atoms with Gasteiger partial charge in [-0.2, -0.15) is 4.98 Å². The molecule has 0 saturated carbocycles. The fourth-order valence-electron chi connectivity index (χ4n) is 1.50. The molecule has 0 aliphatic rings. The summed E-state index contributed by atoms with van der Waals surface area (Å²) in [4.78, 5) is 8.03. The van der Waals surface area contributed by atoms with Gasteiger partial charge in [-0.25, -0.2) is 9.37 Å². The van der Waals surface area contributed by atoms with E-state index < -0.39 is 5.82 Å². The molecule has 0 amide bonds. The van der Waals surface area contributed by atoms with E-state index in [1.807, 2.05) is 25.1 Å². The summed E-state index contributed by atoms with van der Waals surface area (Å²) in [5.74, 6) is 0.0486. The summed E-state index contributed by atoms with van der Waals surface area (Å²) >= 11 is 6.78. The number of hydrogen-bond donors (Lipinski definition) is 2. The Morgan fingerprint density at radius 2 is 2.10 bits per heavy atom. The van der Waals surface area contributed by atoms with Crippen molar-refractivity contribution in [2.45, 2.75) is 13.3 Å². The average Bonchev–Trinajstić information content (AvgIpc) is 2.42. The van der Waals surface area contributed by atoms with Crippen molar-refractivity contribution >= 4 is 49.3 Å². The van der Waals surface area contributed by atoms with Crippen LogP contribution in [0, 0.1) is 5.82 Å². The summed E-state index contributed by atoms with van der Waals surface area (Å²) in [6.07, 6.45) is 2.10. The van der Waals surface area contributed by atoms with E-state index in [0.717, 1.165) is 33.8 Å². The normalized spacial score (nSPS) is 10.4. The molecule has 0 atom stereocenters. The molecule has 0 fully saturated rings. The van der Waals surface area contributed by atoms with E-state index in [0.29, 0.717) is 5.95 Å². The third kappa shape index (κ3) is 3.89. The van der Waals surface area contributed by atoms with Crippen LogP contribution in [0.2, 0.25) is 0 Å². The van der Waals surface area contributed by atoms with E-state index in [2.05, 4.69) is 52.5 Å². The molecule has 0 spiro atoms. The van der Waals surface area contributed by atoms with Crippen LogP contribution in [0.5, 0.6) is 0 Å². The van der Waals surface area contributed by atoms with Crippen molar-refractivity contribution in [2.24, 2.45) is 0 Å². The smallest absolute Gasteiger partial charge is 0.224 e. The Morgan fingerprint density at radius 1 is 1.30 bits per heavy atom. The van der Waals surface area contributed by atoms with Gasteiger partial charge in [0.1, 0.15) is 0 Å². The predicted molar refractivity (Wildman–Crippen MR) is 85.9 cm³/mol. The summed E-state index contributed by atoms with van der Waals surface area (Å²) < 4.78 is 15.5. The molecule has 2 aromatic rings. The molecule has 7 heteroatoms. The van der Waals surface area contributed by atoms with Crippen LogP contribution in [0.15, 0.2) is 33.3 Å². The maximum atomic E-state index is 13.7. The van der Waals surface area contributed by atoms with Crippen molar-refractivity contribution in [1.82, 2.24) is 9.97 Å². The zero-order chi connectivity index (χ0) is 14.5. The predicted octanol–water partition coefficient (Wildman–Crippen LogP) is 4.71. The van der Waals surface area contributed by atoms with Crippen molar-refractivity contribution in [1.29, 1.82) is 0 Å². The molecule has 0 aliphatic carbocycles. The van der Waals surface area contributed by atoms with Crippen molar-refractivity contribution in [2.75, 3.05) is 17.2 Å². The highest BCUT2D eigenvalue weighted by Gasteiger charge is 2.09. The van der Waals surface area contributed by atoms with E-state index in [4.69, 9.17) is 0 Å². The van der Waals surface area contributed by atoms with Crippen LogP contribution in [0.25, 0.3) is 0 Å². The second kappa shape index (κ2) is 6.99. The van der Waals surface area contributed by atoms with Gasteiger partial charge in [-0.05, 0) is 40.5 Å². The lowest BCUT2D eigenvalue weighted by Gasteiger charge is -2.10. The Balaban J connectivity index is 2.23. The molecular weight excluding hydrogens is 391 g/mol. The van der Waals surface area contributed by atoms with Crippen molar-refractivity contribution in [3.63, 3.8) is 0 Å². The van der Waals surface area contributed by atoms with Crippen LogP contribution in [0.4, 0.5) is 21.8 Å². The fourth-order valence-corrected chi connectivity index (χ4v) is 2.64. The Hall–Kier alpha value is -1.21. The van der Waals surface area contributed by atoms with Gasteiger partial charge in [0, 0.05) is 15.5 Å². The third-order valence-corrected chi connectivity index (χ3v) is 3.61. The molecule has 0 unspecified atom stereocenters. The monoisotopic (exact) mass is 402 g/mol. The van der Waals surface area contributed by atoms with Gasteiger partial charge in [-0.1, -0.05) is 22.9 Å². The van der Waals surface area contributed by atoms with E-state index in [1.165, 1.54) is 0 Å². The second-order valence-corrected chi connectivity index (χ2v) is 5.84. The Bertz CT molecular complexity index is 607. The Kier molecular flexibility index (Phi) is 5.31. The van der Waals surface area contributed by atoms with Gasteiger partial charge in [-0.3, -0.25) is 0 Å². The zero-order valence-corrected chi connectivity index (χ0v) is 13.9. The first kappa shape index (κ1) is 15.2. The molecule has 0 bridgehead atoms. The van der Waals surface area contributed by atoms with Crippen LogP contribution >= 0.6 is 31.9 Å². The minimum atomic E-state index is -0.498. The third-order valence-electron chi connectivity index (χ3n) is 2.46. The van der Waals surface area contributed by atoms with E-state index in [1.54, 1.807) is 0 Å². The number of aromatic nitrogens is 2. The first-order valence-corrected chi connectivity index (χ1v) is 7.67. The number of halogens is 3. The lowest BCUT2D eigenvalue weighted by molar-refractivity contribution is 0.619. The van der Waals surface area contributed by atoms with E-state index in [9.17, 15) is 4.39 Å². The summed E-state index contributed by atoms with van der Waals surface area (Å²) in [5, 5.41) is 5.97. The maximum Gasteiger partial charge on any atom is 0.224 e. The van der Waals surface area contributed by atoms with Crippen LogP contribution in [-0.4, -0.2) is 16.5 Å². The highest BCUT2D eigenvalue weighted by Crippen LogP contribution is 2.29. The first-order chi connectivity index (χ1) is 9.60. The summed E-state index contributed by atoms with van der Waals surface area (Å²) in [5.41, 5.74) is 0.729. The minimum Gasteiger partial charge on any atom is -0.354 e. The quantitative estimate of drug-likeness (QED) is 0.759. The van der Waals surface area contributed by atoms with Crippen molar-refractivity contribution in [3.8, 4) is 0 Å². The molecule has 0 radical (unpaired) electrons. The van der Waals surface area contributed by atoms with Crippen molar-refractivity contribution in [3.05, 3.63) is 39.2 Å². The van der Waals surface area contributed by atoms with Gasteiger partial charge < -0.3 is 10.6 Å². The van der Waals surface area contributed by atoms with Gasteiger partial charge in [0.2, 0.25) is 5.95 Å². The van der Waals surface area contributed by atoms with Crippen LogP contribution in [0.1, 0.15) is 13.3 Å². The molecule has 106 valence electrons. The molecule has 1 aromatic carbocycles. The molecule has 1 aromatic heterocycles. The Labute approximate surface area is 133 Å². The number of anilines is 3. The van der Waals surface area contributed by atoms with Gasteiger partial charge in [0.15, 0.2) is 11.6 Å². The number of hydrogen-bond acceptors (Lipinski definition) is 4. The molecule has 0 saturated heterocycles.